The van der Waals surface area contributed by atoms with Gasteiger partial charge >= 0.3 is 0 Å². The number of likely N-dealkylation sites (N-methyl/N-ethyl adjacent to an activating group) is 1. The van der Waals surface area contributed by atoms with E-state index in [2.05, 4.69) is 48.5 Å². The number of rotatable bonds is 6. The van der Waals surface area contributed by atoms with Crippen LogP contribution in [0.5, 0.6) is 0 Å². The van der Waals surface area contributed by atoms with Crippen LogP contribution in [-0.4, -0.2) is 50.6 Å². The lowest BCUT2D eigenvalue weighted by Crippen LogP contribution is -2.47. The quantitative estimate of drug-likeness (QED) is 0.572. The van der Waals surface area contributed by atoms with E-state index in [4.69, 9.17) is 0 Å². The van der Waals surface area contributed by atoms with Crippen molar-refractivity contribution < 1.29 is 0 Å². The smallest absolute Gasteiger partial charge is 0.191 e. The van der Waals surface area contributed by atoms with Gasteiger partial charge in [0.05, 0.1) is 0 Å². The average Bonchev–Trinajstić information content (AvgIpc) is 2.84. The summed E-state index contributed by atoms with van der Waals surface area (Å²) in [6, 6.07) is 1.18. The second kappa shape index (κ2) is 8.41. The first-order valence-electron chi connectivity index (χ1n) is 7.66. The molecule has 1 aliphatic rings. The molecule has 1 rings (SSSR count). The van der Waals surface area contributed by atoms with Crippen LogP contribution >= 0.6 is 0 Å². The molecule has 0 spiro atoms. The Hall–Kier alpha value is -0.770. The first kappa shape index (κ1) is 16.3. The molecule has 0 heterocycles. The van der Waals surface area contributed by atoms with Crippen LogP contribution < -0.4 is 10.6 Å². The Morgan fingerprint density at radius 3 is 2.37 bits per heavy atom. The molecule has 1 unspecified atom stereocenters. The molecule has 0 aromatic rings. The van der Waals surface area contributed by atoms with Gasteiger partial charge in [0.15, 0.2) is 5.96 Å². The predicted molar refractivity (Wildman–Crippen MR) is 83.7 cm³/mol. The van der Waals surface area contributed by atoms with E-state index in [1.165, 1.54) is 32.1 Å². The minimum atomic E-state index is 0.558. The van der Waals surface area contributed by atoms with E-state index in [-0.39, 0.29) is 0 Å². The van der Waals surface area contributed by atoms with E-state index in [1.807, 2.05) is 7.05 Å². The molecule has 0 aromatic heterocycles. The maximum Gasteiger partial charge on any atom is 0.191 e. The molecule has 0 saturated heterocycles. The Balaban J connectivity index is 2.37. The molecule has 1 atom stereocenters. The Morgan fingerprint density at radius 1 is 1.26 bits per heavy atom. The van der Waals surface area contributed by atoms with Crippen LogP contribution in [0.15, 0.2) is 4.99 Å². The van der Waals surface area contributed by atoms with Gasteiger partial charge in [0, 0.05) is 25.7 Å². The Morgan fingerprint density at radius 2 is 1.89 bits per heavy atom. The van der Waals surface area contributed by atoms with Crippen LogP contribution in [0.2, 0.25) is 0 Å². The molecule has 0 bridgehead atoms. The second-order valence-electron chi connectivity index (χ2n) is 6.33. The fourth-order valence-corrected chi connectivity index (χ4v) is 2.69. The van der Waals surface area contributed by atoms with Crippen LogP contribution in [-0.2, 0) is 0 Å². The fraction of sp³-hybridized carbons (Fsp3) is 0.933. The van der Waals surface area contributed by atoms with Gasteiger partial charge in [-0.25, -0.2) is 0 Å². The Bertz CT molecular complexity index is 267. The van der Waals surface area contributed by atoms with Crippen molar-refractivity contribution in [2.45, 2.75) is 58.0 Å². The summed E-state index contributed by atoms with van der Waals surface area (Å²) in [6.07, 6.45) is 6.47. The molecule has 112 valence electrons. The van der Waals surface area contributed by atoms with Gasteiger partial charge in [-0.3, -0.25) is 4.99 Å². The van der Waals surface area contributed by atoms with Crippen molar-refractivity contribution in [1.29, 1.82) is 0 Å². The predicted octanol–water partition coefficient (Wildman–Crippen LogP) is 2.07. The molecular weight excluding hydrogens is 236 g/mol. The van der Waals surface area contributed by atoms with E-state index >= 15 is 0 Å². The number of nitrogens with zero attached hydrogens (tertiary/aromatic N) is 2. The van der Waals surface area contributed by atoms with Gasteiger partial charge in [-0.2, -0.15) is 0 Å². The molecule has 4 nitrogen and oxygen atoms in total. The zero-order valence-corrected chi connectivity index (χ0v) is 13.4. The van der Waals surface area contributed by atoms with Crippen LogP contribution in [0.4, 0.5) is 0 Å². The van der Waals surface area contributed by atoms with Crippen molar-refractivity contribution in [2.24, 2.45) is 10.9 Å². The summed E-state index contributed by atoms with van der Waals surface area (Å²) in [5, 5.41) is 7.01. The molecule has 2 N–H and O–H groups in total. The molecule has 1 aliphatic carbocycles. The van der Waals surface area contributed by atoms with Crippen LogP contribution in [0.25, 0.3) is 0 Å². The number of guanidine groups is 1. The highest BCUT2D eigenvalue weighted by Gasteiger charge is 2.17. The monoisotopic (exact) mass is 268 g/mol. The first-order chi connectivity index (χ1) is 9.02. The van der Waals surface area contributed by atoms with Gasteiger partial charge in [0.1, 0.15) is 0 Å². The summed E-state index contributed by atoms with van der Waals surface area (Å²) >= 11 is 0. The third kappa shape index (κ3) is 6.28. The number of hydrogen-bond acceptors (Lipinski definition) is 2. The van der Waals surface area contributed by atoms with E-state index in [1.54, 1.807) is 0 Å². The molecule has 0 amide bonds. The van der Waals surface area contributed by atoms with Gasteiger partial charge in [0.2, 0.25) is 0 Å². The SMILES string of the molecule is CN=C(NCC(CC(C)C)N(C)C)NC1CCCC1. The minimum absolute atomic E-state index is 0.558. The van der Waals surface area contributed by atoms with E-state index in [9.17, 15) is 0 Å². The van der Waals surface area contributed by atoms with Crippen molar-refractivity contribution in [3.05, 3.63) is 0 Å². The number of hydrogen-bond donors (Lipinski definition) is 2. The maximum atomic E-state index is 4.34. The van der Waals surface area contributed by atoms with Crippen LogP contribution in [0.1, 0.15) is 46.0 Å². The van der Waals surface area contributed by atoms with Crippen molar-refractivity contribution in [3.8, 4) is 0 Å². The third-order valence-electron chi connectivity index (χ3n) is 3.90. The molecule has 4 heteroatoms. The Kier molecular flexibility index (Phi) is 7.21. The highest BCUT2D eigenvalue weighted by atomic mass is 15.2. The fourth-order valence-electron chi connectivity index (χ4n) is 2.69. The van der Waals surface area contributed by atoms with Crippen molar-refractivity contribution in [3.63, 3.8) is 0 Å². The standard InChI is InChI=1S/C15H32N4/c1-12(2)10-14(19(4)5)11-17-15(16-3)18-13-8-6-7-9-13/h12-14H,6-11H2,1-5H3,(H2,16,17,18). The van der Waals surface area contributed by atoms with Crippen LogP contribution in [0, 0.1) is 5.92 Å². The van der Waals surface area contributed by atoms with Gasteiger partial charge in [0.25, 0.3) is 0 Å². The molecule has 1 fully saturated rings. The van der Waals surface area contributed by atoms with E-state index in [0.717, 1.165) is 18.4 Å². The van der Waals surface area contributed by atoms with Crippen LogP contribution in [0.3, 0.4) is 0 Å². The number of nitrogens with one attached hydrogen (secondary N) is 2. The summed E-state index contributed by atoms with van der Waals surface area (Å²) in [6.45, 7) is 5.52. The highest BCUT2D eigenvalue weighted by molar-refractivity contribution is 5.80. The van der Waals surface area contributed by atoms with Gasteiger partial charge in [-0.05, 0) is 39.3 Å². The summed E-state index contributed by atoms with van der Waals surface area (Å²) in [5.74, 6) is 1.68. The summed E-state index contributed by atoms with van der Waals surface area (Å²) in [7, 11) is 6.17. The normalized spacial score (nSPS) is 19.2. The zero-order chi connectivity index (χ0) is 14.3. The van der Waals surface area contributed by atoms with Gasteiger partial charge in [-0.15, -0.1) is 0 Å². The number of aliphatic imine (C=N–C) groups is 1. The molecule has 19 heavy (non-hydrogen) atoms. The topological polar surface area (TPSA) is 39.7 Å². The van der Waals surface area contributed by atoms with E-state index in [0.29, 0.717) is 12.1 Å². The van der Waals surface area contributed by atoms with Crippen molar-refractivity contribution >= 4 is 5.96 Å². The summed E-state index contributed by atoms with van der Waals surface area (Å²) in [5.41, 5.74) is 0. The lowest BCUT2D eigenvalue weighted by atomic mass is 10.0. The zero-order valence-electron chi connectivity index (χ0n) is 13.4. The highest BCUT2D eigenvalue weighted by Crippen LogP contribution is 2.17. The average molecular weight is 268 g/mol. The third-order valence-corrected chi connectivity index (χ3v) is 3.90. The maximum absolute atomic E-state index is 4.34. The van der Waals surface area contributed by atoms with E-state index < -0.39 is 0 Å². The van der Waals surface area contributed by atoms with Gasteiger partial charge < -0.3 is 15.5 Å². The van der Waals surface area contributed by atoms with Gasteiger partial charge in [-0.1, -0.05) is 26.7 Å². The molecule has 0 radical (unpaired) electrons. The Labute approximate surface area is 119 Å². The molecule has 0 aromatic carbocycles. The second-order valence-corrected chi connectivity index (χ2v) is 6.33. The first-order valence-corrected chi connectivity index (χ1v) is 7.66. The summed E-state index contributed by atoms with van der Waals surface area (Å²) in [4.78, 5) is 6.64. The lowest BCUT2D eigenvalue weighted by molar-refractivity contribution is 0.254. The minimum Gasteiger partial charge on any atom is -0.355 e. The molecular formula is C15H32N4. The van der Waals surface area contributed by atoms with Crippen molar-refractivity contribution in [1.82, 2.24) is 15.5 Å². The largest absolute Gasteiger partial charge is 0.355 e. The molecule has 0 aliphatic heterocycles. The van der Waals surface area contributed by atoms with Crippen molar-refractivity contribution in [2.75, 3.05) is 27.7 Å². The molecule has 1 saturated carbocycles. The lowest BCUT2D eigenvalue weighted by Gasteiger charge is -2.27. The summed E-state index contributed by atoms with van der Waals surface area (Å²) < 4.78 is 0.